The number of hydrogen-bond donors (Lipinski definition) is 0. The van der Waals surface area contributed by atoms with Gasteiger partial charge in [-0.15, -0.1) is 0 Å². The lowest BCUT2D eigenvalue weighted by Crippen LogP contribution is -2.28. The second-order valence-corrected chi connectivity index (χ2v) is 19.6. The molecule has 1 aliphatic carbocycles. The van der Waals surface area contributed by atoms with Crippen LogP contribution in [-0.2, 0) is 5.41 Å². The Balaban J connectivity index is 0.864. The molecule has 14 rings (SSSR count). The first-order chi connectivity index (χ1) is 37.2. The van der Waals surface area contributed by atoms with Crippen molar-refractivity contribution in [1.29, 1.82) is 0 Å². The molecule has 2 heteroatoms. The fraction of sp³-hybridized carbons (Fsp3) is 0.0137. The molecule has 12 aromatic carbocycles. The first kappa shape index (κ1) is 44.0. The fourth-order valence-electron chi connectivity index (χ4n) is 12.1. The molecule has 352 valence electrons. The molecule has 1 heterocycles. The molecule has 13 aromatic rings. The SMILES string of the molecule is c1ccc(-c2ccc(N(c3ccc(-c4ccccc4)cc3)c3ccc(-c4ccccc4-c4ccc5c6ccccc6n(-c6ccc7c(c6)-c6ccccc6C7(c6ccccc6)c6ccccc6)c5c4)cc3)cc2)cc1. The number of aromatic nitrogens is 1. The van der Waals surface area contributed by atoms with Gasteiger partial charge in [0.1, 0.15) is 0 Å². The number of fused-ring (bicyclic) bond motifs is 6. The van der Waals surface area contributed by atoms with Gasteiger partial charge in [0.2, 0.25) is 0 Å². The number of rotatable bonds is 10. The van der Waals surface area contributed by atoms with Crippen molar-refractivity contribution in [1.82, 2.24) is 4.57 Å². The molecule has 1 aliphatic rings. The number of hydrogen-bond acceptors (Lipinski definition) is 1. The standard InChI is InChI=1S/C73H50N2/c1-5-19-51(20-6-1)53-33-40-59(41-34-53)74(60-42-35-54(36-43-60)52-21-7-2-8-22-52)61-44-37-55(38-45-61)63-27-13-14-28-64(63)56-39-47-67-66-30-16-18-32-71(66)75(72(67)49-56)62-46-48-70-68(50-62)65-29-15-17-31-69(65)73(70,57-23-9-3-10-24-57)58-25-11-4-12-26-58/h1-50H. The third kappa shape index (κ3) is 7.41. The second kappa shape index (κ2) is 18.4. The molecule has 0 atom stereocenters. The van der Waals surface area contributed by atoms with Gasteiger partial charge in [-0.1, -0.05) is 243 Å². The first-order valence-electron chi connectivity index (χ1n) is 25.9. The van der Waals surface area contributed by atoms with Crippen molar-refractivity contribution in [2.75, 3.05) is 4.90 Å². The Hall–Kier alpha value is -9.76. The van der Waals surface area contributed by atoms with E-state index in [0.29, 0.717) is 0 Å². The summed E-state index contributed by atoms with van der Waals surface area (Å²) in [7, 11) is 0. The van der Waals surface area contributed by atoms with Crippen LogP contribution in [0.15, 0.2) is 303 Å². The summed E-state index contributed by atoms with van der Waals surface area (Å²) in [5.41, 5.74) is 23.5. The molecule has 0 amide bonds. The summed E-state index contributed by atoms with van der Waals surface area (Å²) in [6.45, 7) is 0. The van der Waals surface area contributed by atoms with Crippen LogP contribution >= 0.6 is 0 Å². The predicted molar refractivity (Wildman–Crippen MR) is 315 cm³/mol. The van der Waals surface area contributed by atoms with Gasteiger partial charge in [-0.05, 0) is 139 Å². The summed E-state index contributed by atoms with van der Waals surface area (Å²) in [5, 5.41) is 2.47. The number of nitrogens with zero attached hydrogens (tertiary/aromatic N) is 2. The van der Waals surface area contributed by atoms with Gasteiger partial charge in [-0.25, -0.2) is 0 Å². The Morgan fingerprint density at radius 1 is 0.253 bits per heavy atom. The van der Waals surface area contributed by atoms with Crippen molar-refractivity contribution in [2.24, 2.45) is 0 Å². The highest BCUT2D eigenvalue weighted by Gasteiger charge is 2.46. The zero-order valence-corrected chi connectivity index (χ0v) is 41.3. The van der Waals surface area contributed by atoms with Gasteiger partial charge in [-0.3, -0.25) is 0 Å². The van der Waals surface area contributed by atoms with Crippen molar-refractivity contribution in [3.8, 4) is 61.3 Å². The summed E-state index contributed by atoms with van der Waals surface area (Å²) in [4.78, 5) is 2.35. The first-order valence-corrected chi connectivity index (χ1v) is 25.9. The summed E-state index contributed by atoms with van der Waals surface area (Å²) in [6, 6.07) is 111. The zero-order valence-electron chi connectivity index (χ0n) is 41.3. The van der Waals surface area contributed by atoms with Crippen LogP contribution in [0, 0.1) is 0 Å². The Labute approximate surface area is 438 Å². The van der Waals surface area contributed by atoms with E-state index in [-0.39, 0.29) is 0 Å². The van der Waals surface area contributed by atoms with E-state index in [4.69, 9.17) is 0 Å². The van der Waals surface area contributed by atoms with Gasteiger partial charge in [0.05, 0.1) is 16.4 Å². The van der Waals surface area contributed by atoms with Crippen molar-refractivity contribution in [3.63, 3.8) is 0 Å². The zero-order chi connectivity index (χ0) is 49.7. The molecule has 2 nitrogen and oxygen atoms in total. The second-order valence-electron chi connectivity index (χ2n) is 19.6. The average molecular weight is 955 g/mol. The Kier molecular flexibility index (Phi) is 10.8. The maximum Gasteiger partial charge on any atom is 0.0713 e. The smallest absolute Gasteiger partial charge is 0.0713 e. The largest absolute Gasteiger partial charge is 0.311 e. The summed E-state index contributed by atoms with van der Waals surface area (Å²) in [5.74, 6) is 0. The Bertz CT molecular complexity index is 4060. The van der Waals surface area contributed by atoms with Crippen molar-refractivity contribution >= 4 is 38.9 Å². The van der Waals surface area contributed by atoms with Crippen LogP contribution in [0.5, 0.6) is 0 Å². The highest BCUT2D eigenvalue weighted by Crippen LogP contribution is 2.56. The van der Waals surface area contributed by atoms with Gasteiger partial charge >= 0.3 is 0 Å². The number of para-hydroxylation sites is 1. The van der Waals surface area contributed by atoms with Crippen molar-refractivity contribution < 1.29 is 0 Å². The molecule has 0 spiro atoms. The van der Waals surface area contributed by atoms with Gasteiger partial charge < -0.3 is 9.47 Å². The van der Waals surface area contributed by atoms with Crippen LogP contribution in [0.25, 0.3) is 83.1 Å². The normalized spacial score (nSPS) is 12.4. The Morgan fingerprint density at radius 2 is 0.667 bits per heavy atom. The topological polar surface area (TPSA) is 8.17 Å². The molecule has 0 N–H and O–H groups in total. The highest BCUT2D eigenvalue weighted by atomic mass is 15.1. The minimum absolute atomic E-state index is 0.455. The third-order valence-corrected chi connectivity index (χ3v) is 15.5. The molecular weight excluding hydrogens is 905 g/mol. The molecule has 0 unspecified atom stereocenters. The molecular formula is C73H50N2. The van der Waals surface area contributed by atoms with E-state index in [9.17, 15) is 0 Å². The van der Waals surface area contributed by atoms with Gasteiger partial charge in [-0.2, -0.15) is 0 Å². The van der Waals surface area contributed by atoms with Crippen LogP contribution in [-0.4, -0.2) is 4.57 Å². The average Bonchev–Trinajstić information content (AvgIpc) is 4.01. The molecule has 1 aromatic heterocycles. The minimum Gasteiger partial charge on any atom is -0.311 e. The quantitative estimate of drug-likeness (QED) is 0.133. The van der Waals surface area contributed by atoms with E-state index < -0.39 is 5.41 Å². The lowest BCUT2D eigenvalue weighted by molar-refractivity contribution is 0.768. The lowest BCUT2D eigenvalue weighted by atomic mass is 9.68. The maximum absolute atomic E-state index is 2.48. The van der Waals surface area contributed by atoms with Crippen LogP contribution < -0.4 is 4.90 Å². The molecule has 0 bridgehead atoms. The van der Waals surface area contributed by atoms with E-state index in [1.165, 1.54) is 94.1 Å². The fourth-order valence-corrected chi connectivity index (χ4v) is 12.1. The van der Waals surface area contributed by atoms with Crippen LogP contribution in [0.1, 0.15) is 22.3 Å². The van der Waals surface area contributed by atoms with E-state index in [2.05, 4.69) is 313 Å². The van der Waals surface area contributed by atoms with Gasteiger partial charge in [0.15, 0.2) is 0 Å². The van der Waals surface area contributed by atoms with Crippen LogP contribution in [0.3, 0.4) is 0 Å². The molecule has 0 radical (unpaired) electrons. The molecule has 0 aliphatic heterocycles. The molecule has 0 saturated carbocycles. The van der Waals surface area contributed by atoms with E-state index in [1.54, 1.807) is 0 Å². The number of benzene rings is 12. The van der Waals surface area contributed by atoms with Gasteiger partial charge in [0, 0.05) is 33.5 Å². The number of anilines is 3. The van der Waals surface area contributed by atoms with E-state index in [0.717, 1.165) is 28.3 Å². The monoisotopic (exact) mass is 954 g/mol. The lowest BCUT2D eigenvalue weighted by Gasteiger charge is -2.33. The summed E-state index contributed by atoms with van der Waals surface area (Å²) < 4.78 is 2.48. The maximum atomic E-state index is 2.48. The molecule has 0 fully saturated rings. The Morgan fingerprint density at radius 3 is 1.24 bits per heavy atom. The third-order valence-electron chi connectivity index (χ3n) is 15.5. The van der Waals surface area contributed by atoms with E-state index in [1.807, 2.05) is 0 Å². The minimum atomic E-state index is -0.455. The van der Waals surface area contributed by atoms with Crippen molar-refractivity contribution in [2.45, 2.75) is 5.41 Å². The molecule has 75 heavy (non-hydrogen) atoms. The van der Waals surface area contributed by atoms with Gasteiger partial charge in [0.25, 0.3) is 0 Å². The van der Waals surface area contributed by atoms with E-state index >= 15 is 0 Å². The predicted octanol–water partition coefficient (Wildman–Crippen LogP) is 19.3. The summed E-state index contributed by atoms with van der Waals surface area (Å²) in [6.07, 6.45) is 0. The summed E-state index contributed by atoms with van der Waals surface area (Å²) >= 11 is 0. The highest BCUT2D eigenvalue weighted by molar-refractivity contribution is 6.10. The molecule has 0 saturated heterocycles. The van der Waals surface area contributed by atoms with Crippen molar-refractivity contribution in [3.05, 3.63) is 326 Å². The van der Waals surface area contributed by atoms with Crippen LogP contribution in [0.2, 0.25) is 0 Å². The van der Waals surface area contributed by atoms with Crippen LogP contribution in [0.4, 0.5) is 17.1 Å².